The van der Waals surface area contributed by atoms with E-state index in [1.807, 2.05) is 38.1 Å². The molecule has 0 radical (unpaired) electrons. The van der Waals surface area contributed by atoms with Crippen molar-refractivity contribution in [3.8, 4) is 0 Å². The number of carbonyl (C=O) groups excluding carboxylic acids is 1. The Bertz CT molecular complexity index is 859. The molecule has 1 N–H and O–H groups in total. The first-order valence-electron chi connectivity index (χ1n) is 9.71. The Morgan fingerprint density at radius 2 is 1.21 bits per heavy atom. The van der Waals surface area contributed by atoms with Gasteiger partial charge in [0.25, 0.3) is 5.24 Å². The quantitative estimate of drug-likeness (QED) is 0.626. The lowest BCUT2D eigenvalue weighted by molar-refractivity contribution is 0.0696. The largest absolute Gasteiger partial charge is 0.478 e. The molecule has 148 valence electrons. The first-order chi connectivity index (χ1) is 13.1. The lowest BCUT2D eigenvalue weighted by atomic mass is 9.94. The first kappa shape index (κ1) is 20.6. The SMILES string of the molecule is Cc1cc(C2(C)CC2)ccc1C(=O)Cl.Cc1cc(C2(C)CC2)ccc1C(=O)O. The van der Waals surface area contributed by atoms with Crippen molar-refractivity contribution in [1.29, 1.82) is 0 Å². The fraction of sp³-hybridized carbons (Fsp3) is 0.417. The maximum atomic E-state index is 11.0. The second kappa shape index (κ2) is 7.36. The fourth-order valence-electron chi connectivity index (χ4n) is 3.49. The lowest BCUT2D eigenvalue weighted by Crippen LogP contribution is -2.04. The van der Waals surface area contributed by atoms with E-state index >= 15 is 0 Å². The number of hydrogen-bond acceptors (Lipinski definition) is 2. The number of halogens is 1. The van der Waals surface area contributed by atoms with Crippen molar-refractivity contribution < 1.29 is 14.7 Å². The van der Waals surface area contributed by atoms with Crippen molar-refractivity contribution in [2.24, 2.45) is 0 Å². The van der Waals surface area contributed by atoms with Crippen LogP contribution >= 0.6 is 11.6 Å². The second-order valence-corrected chi connectivity index (χ2v) is 9.10. The van der Waals surface area contributed by atoms with Crippen LogP contribution < -0.4 is 0 Å². The topological polar surface area (TPSA) is 54.4 Å². The predicted octanol–water partition coefficient (Wildman–Crippen LogP) is 6.17. The van der Waals surface area contributed by atoms with E-state index in [1.54, 1.807) is 6.07 Å². The molecule has 0 spiro atoms. The van der Waals surface area contributed by atoms with Crippen LogP contribution in [0.1, 0.15) is 82.5 Å². The minimum Gasteiger partial charge on any atom is -0.478 e. The summed E-state index contributed by atoms with van der Waals surface area (Å²) >= 11 is 5.45. The highest BCUT2D eigenvalue weighted by atomic mass is 35.5. The Morgan fingerprint density at radius 1 is 0.821 bits per heavy atom. The van der Waals surface area contributed by atoms with E-state index in [4.69, 9.17) is 16.7 Å². The average Bonchev–Trinajstić information content (AvgIpc) is 3.54. The Labute approximate surface area is 171 Å². The summed E-state index contributed by atoms with van der Waals surface area (Å²) in [5.74, 6) is -0.838. The summed E-state index contributed by atoms with van der Waals surface area (Å²) in [5.41, 5.74) is 6.17. The second-order valence-electron chi connectivity index (χ2n) is 8.76. The number of carbonyl (C=O) groups is 2. The number of benzene rings is 2. The van der Waals surface area contributed by atoms with Crippen LogP contribution in [0.2, 0.25) is 0 Å². The Kier molecular flexibility index (Phi) is 5.42. The Morgan fingerprint density at radius 3 is 1.50 bits per heavy atom. The zero-order valence-corrected chi connectivity index (χ0v) is 17.7. The Hall–Kier alpha value is -2.13. The van der Waals surface area contributed by atoms with Gasteiger partial charge in [-0.1, -0.05) is 38.1 Å². The molecule has 28 heavy (non-hydrogen) atoms. The van der Waals surface area contributed by atoms with Crippen LogP contribution in [0.3, 0.4) is 0 Å². The maximum Gasteiger partial charge on any atom is 0.335 e. The van der Waals surface area contributed by atoms with E-state index < -0.39 is 5.97 Å². The summed E-state index contributed by atoms with van der Waals surface area (Å²) in [6.07, 6.45) is 4.94. The minimum absolute atomic E-state index is 0.321. The van der Waals surface area contributed by atoms with Gasteiger partial charge in [0.15, 0.2) is 0 Å². The van der Waals surface area contributed by atoms with Gasteiger partial charge in [-0.3, -0.25) is 4.79 Å². The summed E-state index contributed by atoms with van der Waals surface area (Å²) in [7, 11) is 0. The molecule has 0 aliphatic heterocycles. The molecular weight excluding hydrogens is 372 g/mol. The van der Waals surface area contributed by atoms with E-state index in [9.17, 15) is 9.59 Å². The third-order valence-electron chi connectivity index (χ3n) is 6.29. The highest BCUT2D eigenvalue weighted by Crippen LogP contribution is 2.48. The lowest BCUT2D eigenvalue weighted by Gasteiger charge is -2.10. The first-order valence-corrected chi connectivity index (χ1v) is 10.1. The molecule has 0 aromatic heterocycles. The van der Waals surface area contributed by atoms with E-state index in [-0.39, 0.29) is 5.24 Å². The molecule has 2 fully saturated rings. The van der Waals surface area contributed by atoms with Crippen LogP contribution in [0.5, 0.6) is 0 Å². The van der Waals surface area contributed by atoms with Crippen LogP contribution in [0.15, 0.2) is 36.4 Å². The third kappa shape index (κ3) is 4.30. The number of carboxylic acid groups (broad SMARTS) is 1. The van der Waals surface area contributed by atoms with E-state index in [2.05, 4.69) is 19.9 Å². The number of carboxylic acids is 1. The molecule has 4 rings (SSSR count). The van der Waals surface area contributed by atoms with Gasteiger partial charge in [-0.2, -0.15) is 0 Å². The van der Waals surface area contributed by atoms with E-state index in [0.29, 0.717) is 22.0 Å². The summed E-state index contributed by atoms with van der Waals surface area (Å²) in [5, 5.41) is 8.51. The molecule has 2 aromatic carbocycles. The number of aryl methyl sites for hydroxylation is 2. The third-order valence-corrected chi connectivity index (χ3v) is 6.49. The van der Waals surface area contributed by atoms with Crippen LogP contribution in [-0.2, 0) is 10.8 Å². The number of hydrogen-bond donors (Lipinski definition) is 1. The average molecular weight is 399 g/mol. The van der Waals surface area contributed by atoms with Crippen molar-refractivity contribution >= 4 is 22.8 Å². The van der Waals surface area contributed by atoms with Crippen LogP contribution in [0.25, 0.3) is 0 Å². The van der Waals surface area contributed by atoms with Gasteiger partial charge in [-0.05, 0) is 96.3 Å². The van der Waals surface area contributed by atoms with Gasteiger partial charge in [0.1, 0.15) is 0 Å². The number of rotatable bonds is 4. The molecule has 0 unspecified atom stereocenters. The highest BCUT2D eigenvalue weighted by Gasteiger charge is 2.39. The molecule has 3 nitrogen and oxygen atoms in total. The van der Waals surface area contributed by atoms with Crippen LogP contribution in [0, 0.1) is 13.8 Å². The van der Waals surface area contributed by atoms with Crippen molar-refractivity contribution in [3.05, 3.63) is 69.8 Å². The fourth-order valence-corrected chi connectivity index (χ4v) is 3.70. The summed E-state index contributed by atoms with van der Waals surface area (Å²) < 4.78 is 0. The monoisotopic (exact) mass is 398 g/mol. The minimum atomic E-state index is -0.838. The molecule has 0 bridgehead atoms. The van der Waals surface area contributed by atoms with Crippen molar-refractivity contribution in [3.63, 3.8) is 0 Å². The van der Waals surface area contributed by atoms with Gasteiger partial charge in [-0.15, -0.1) is 0 Å². The van der Waals surface area contributed by atoms with Crippen LogP contribution in [0.4, 0.5) is 0 Å². The molecule has 2 aromatic rings. The van der Waals surface area contributed by atoms with Gasteiger partial charge in [-0.25, -0.2) is 4.79 Å². The molecule has 0 saturated heterocycles. The normalized spacial score (nSPS) is 17.9. The molecular formula is C24H27ClO3. The van der Waals surface area contributed by atoms with Gasteiger partial charge in [0.2, 0.25) is 0 Å². The van der Waals surface area contributed by atoms with Gasteiger partial charge in [0, 0.05) is 5.56 Å². The molecule has 0 atom stereocenters. The van der Waals surface area contributed by atoms with Gasteiger partial charge < -0.3 is 5.11 Å². The van der Waals surface area contributed by atoms with Gasteiger partial charge in [0.05, 0.1) is 5.56 Å². The molecule has 2 aliphatic carbocycles. The standard InChI is InChI=1S/C12H13ClO.C12H14O2/c2*1-8-7-9(12(2)5-6-12)3-4-10(8)11(13)14/h3-4,7H,5-6H2,1-2H3;3-4,7H,5-6H2,1-2H3,(H,13,14). The van der Waals surface area contributed by atoms with E-state index in [1.165, 1.54) is 36.8 Å². The summed E-state index contributed by atoms with van der Waals surface area (Å²) in [4.78, 5) is 21.8. The predicted molar refractivity (Wildman–Crippen MR) is 113 cm³/mol. The van der Waals surface area contributed by atoms with Crippen molar-refractivity contribution in [2.75, 3.05) is 0 Å². The van der Waals surface area contributed by atoms with Crippen molar-refractivity contribution in [1.82, 2.24) is 0 Å². The summed E-state index contributed by atoms with van der Waals surface area (Å²) in [6, 6.07) is 11.6. The highest BCUT2D eigenvalue weighted by molar-refractivity contribution is 6.67. The Balaban J connectivity index is 0.000000161. The molecule has 0 heterocycles. The zero-order chi connectivity index (χ0) is 20.7. The molecule has 0 amide bonds. The van der Waals surface area contributed by atoms with Gasteiger partial charge >= 0.3 is 5.97 Å². The maximum absolute atomic E-state index is 11.0. The van der Waals surface area contributed by atoms with Crippen molar-refractivity contribution in [2.45, 2.75) is 64.2 Å². The van der Waals surface area contributed by atoms with Crippen LogP contribution in [-0.4, -0.2) is 16.3 Å². The molecule has 4 heteroatoms. The molecule has 2 saturated carbocycles. The smallest absolute Gasteiger partial charge is 0.335 e. The van der Waals surface area contributed by atoms with E-state index in [0.717, 1.165) is 11.1 Å². The summed E-state index contributed by atoms with van der Waals surface area (Å²) in [6.45, 7) is 8.27. The number of aromatic carboxylic acids is 1. The molecule has 2 aliphatic rings. The zero-order valence-electron chi connectivity index (χ0n) is 16.9.